The van der Waals surface area contributed by atoms with Crippen LogP contribution in [-0.4, -0.2) is 15.0 Å². The maximum absolute atomic E-state index is 5.60. The normalized spacial score (nSPS) is 10.8. The number of nitrogens with two attached hydrogens (primary N) is 1. The fraction of sp³-hybridized carbons (Fsp3) is 0. The summed E-state index contributed by atoms with van der Waals surface area (Å²) in [5, 5.41) is 1.01. The Kier molecular flexibility index (Phi) is 1.83. The molecule has 0 bridgehead atoms. The van der Waals surface area contributed by atoms with Crippen LogP contribution in [0.3, 0.4) is 0 Å². The smallest absolute Gasteiger partial charge is 0.223 e. The molecule has 0 aliphatic rings. The molecule has 0 fully saturated rings. The van der Waals surface area contributed by atoms with E-state index >= 15 is 0 Å². The molecule has 1 aromatic carbocycles. The Morgan fingerprint density at radius 2 is 2.00 bits per heavy atom. The Morgan fingerprint density at radius 1 is 1.12 bits per heavy atom. The first kappa shape index (κ1) is 8.84. The predicted octanol–water partition coefficient (Wildman–Crippen LogP) is 1.87. The van der Waals surface area contributed by atoms with Crippen molar-refractivity contribution in [2.24, 2.45) is 0 Å². The Morgan fingerprint density at radius 3 is 2.81 bits per heavy atom. The van der Waals surface area contributed by atoms with Crippen molar-refractivity contribution in [2.75, 3.05) is 5.73 Å². The van der Waals surface area contributed by atoms with E-state index in [9.17, 15) is 0 Å². The number of para-hydroxylation sites is 1. The summed E-state index contributed by atoms with van der Waals surface area (Å²) in [6.45, 7) is 0. The monoisotopic (exact) mass is 212 g/mol. The van der Waals surface area contributed by atoms with Gasteiger partial charge in [-0.1, -0.05) is 18.2 Å². The molecule has 3 rings (SSSR count). The lowest BCUT2D eigenvalue weighted by Crippen LogP contribution is -1.97. The van der Waals surface area contributed by atoms with E-state index < -0.39 is 0 Å². The van der Waals surface area contributed by atoms with Crippen molar-refractivity contribution in [3.05, 3.63) is 36.7 Å². The lowest BCUT2D eigenvalue weighted by atomic mass is 10.2. The van der Waals surface area contributed by atoms with Crippen LogP contribution in [0.1, 0.15) is 0 Å². The highest BCUT2D eigenvalue weighted by molar-refractivity contribution is 5.81. The van der Waals surface area contributed by atoms with Crippen molar-refractivity contribution < 1.29 is 4.42 Å². The minimum Gasteiger partial charge on any atom is -0.453 e. The van der Waals surface area contributed by atoms with Crippen LogP contribution in [0.5, 0.6) is 0 Å². The highest BCUT2D eigenvalue weighted by Crippen LogP contribution is 2.24. The predicted molar refractivity (Wildman–Crippen MR) is 59.4 cm³/mol. The summed E-state index contributed by atoms with van der Waals surface area (Å²) in [4.78, 5) is 11.7. The van der Waals surface area contributed by atoms with Crippen LogP contribution in [-0.2, 0) is 0 Å². The van der Waals surface area contributed by atoms with E-state index in [0.717, 1.165) is 11.0 Å². The van der Waals surface area contributed by atoms with Crippen LogP contribution in [0.25, 0.3) is 22.6 Å². The molecule has 16 heavy (non-hydrogen) atoms. The quantitative estimate of drug-likeness (QED) is 0.666. The van der Waals surface area contributed by atoms with Gasteiger partial charge in [0, 0.05) is 5.39 Å². The van der Waals surface area contributed by atoms with Gasteiger partial charge < -0.3 is 10.2 Å². The third kappa shape index (κ3) is 1.38. The summed E-state index contributed by atoms with van der Waals surface area (Å²) in [6, 6.07) is 9.60. The SMILES string of the molecule is Nc1ncnc(-c2cc3ccccc3o2)n1. The lowest BCUT2D eigenvalue weighted by molar-refractivity contribution is 0.624. The molecule has 0 atom stereocenters. The van der Waals surface area contributed by atoms with Crippen LogP contribution < -0.4 is 5.73 Å². The van der Waals surface area contributed by atoms with E-state index in [2.05, 4.69) is 15.0 Å². The third-order valence-electron chi connectivity index (χ3n) is 2.24. The molecule has 3 aromatic rings. The largest absolute Gasteiger partial charge is 0.453 e. The number of anilines is 1. The van der Waals surface area contributed by atoms with Gasteiger partial charge in [0.25, 0.3) is 0 Å². The average Bonchev–Trinajstić information content (AvgIpc) is 2.72. The number of nitrogen functional groups attached to an aromatic ring is 1. The molecule has 0 saturated carbocycles. The van der Waals surface area contributed by atoms with E-state index in [4.69, 9.17) is 10.2 Å². The number of benzene rings is 1. The molecule has 2 N–H and O–H groups in total. The first-order valence-electron chi connectivity index (χ1n) is 4.76. The Balaban J connectivity index is 2.19. The van der Waals surface area contributed by atoms with E-state index in [1.54, 1.807) is 0 Å². The first-order valence-corrected chi connectivity index (χ1v) is 4.76. The van der Waals surface area contributed by atoms with Crippen molar-refractivity contribution in [3.8, 4) is 11.6 Å². The fourth-order valence-electron chi connectivity index (χ4n) is 1.52. The molecule has 2 heterocycles. The van der Waals surface area contributed by atoms with Crippen molar-refractivity contribution in [1.29, 1.82) is 0 Å². The number of hydrogen-bond donors (Lipinski definition) is 1. The highest BCUT2D eigenvalue weighted by Gasteiger charge is 2.08. The summed E-state index contributed by atoms with van der Waals surface area (Å²) >= 11 is 0. The zero-order chi connectivity index (χ0) is 11.0. The van der Waals surface area contributed by atoms with Gasteiger partial charge in [0.15, 0.2) is 5.76 Å². The maximum Gasteiger partial charge on any atom is 0.223 e. The number of rotatable bonds is 1. The van der Waals surface area contributed by atoms with Crippen LogP contribution in [0.15, 0.2) is 41.1 Å². The van der Waals surface area contributed by atoms with E-state index in [1.165, 1.54) is 6.33 Å². The second kappa shape index (κ2) is 3.30. The second-order valence-electron chi connectivity index (χ2n) is 3.32. The zero-order valence-corrected chi connectivity index (χ0v) is 8.29. The highest BCUT2D eigenvalue weighted by atomic mass is 16.3. The summed E-state index contributed by atoms with van der Waals surface area (Å²) < 4.78 is 5.60. The minimum atomic E-state index is 0.186. The minimum absolute atomic E-state index is 0.186. The van der Waals surface area contributed by atoms with Gasteiger partial charge in [-0.15, -0.1) is 0 Å². The van der Waals surface area contributed by atoms with Gasteiger partial charge >= 0.3 is 0 Å². The number of hydrogen-bond acceptors (Lipinski definition) is 5. The summed E-state index contributed by atoms with van der Waals surface area (Å²) in [6.07, 6.45) is 1.37. The molecule has 0 saturated heterocycles. The standard InChI is InChI=1S/C11H8N4O/c12-11-14-6-13-10(15-11)9-5-7-3-1-2-4-8(7)16-9/h1-6H,(H2,12,13,14,15). The van der Waals surface area contributed by atoms with Crippen molar-refractivity contribution >= 4 is 16.9 Å². The summed E-state index contributed by atoms with van der Waals surface area (Å²) in [5.74, 6) is 1.23. The number of nitrogens with zero attached hydrogens (tertiary/aromatic N) is 3. The second-order valence-corrected chi connectivity index (χ2v) is 3.32. The van der Waals surface area contributed by atoms with Crippen molar-refractivity contribution in [3.63, 3.8) is 0 Å². The van der Waals surface area contributed by atoms with Crippen LogP contribution >= 0.6 is 0 Å². The van der Waals surface area contributed by atoms with Gasteiger partial charge in [-0.25, -0.2) is 9.97 Å². The molecule has 0 unspecified atom stereocenters. The average molecular weight is 212 g/mol. The molecule has 0 aliphatic carbocycles. The molecule has 5 heteroatoms. The molecule has 0 amide bonds. The van der Waals surface area contributed by atoms with E-state index in [0.29, 0.717) is 11.6 Å². The van der Waals surface area contributed by atoms with Crippen LogP contribution in [0.4, 0.5) is 5.95 Å². The zero-order valence-electron chi connectivity index (χ0n) is 8.29. The Labute approximate surface area is 91.0 Å². The van der Waals surface area contributed by atoms with Gasteiger partial charge in [0.1, 0.15) is 11.9 Å². The number of fused-ring (bicyclic) bond motifs is 1. The van der Waals surface area contributed by atoms with Gasteiger partial charge in [0.05, 0.1) is 0 Å². The van der Waals surface area contributed by atoms with Gasteiger partial charge in [-0.3, -0.25) is 0 Å². The Hall–Kier alpha value is -2.43. The molecule has 78 valence electrons. The van der Waals surface area contributed by atoms with Crippen LogP contribution in [0.2, 0.25) is 0 Å². The number of aromatic nitrogens is 3. The third-order valence-corrected chi connectivity index (χ3v) is 2.24. The maximum atomic E-state index is 5.60. The van der Waals surface area contributed by atoms with E-state index in [-0.39, 0.29) is 5.95 Å². The molecule has 0 spiro atoms. The molecule has 5 nitrogen and oxygen atoms in total. The molecule has 0 radical (unpaired) electrons. The molecule has 2 aromatic heterocycles. The van der Waals surface area contributed by atoms with Gasteiger partial charge in [0.2, 0.25) is 11.8 Å². The molecular formula is C11H8N4O. The summed E-state index contributed by atoms with van der Waals surface area (Å²) in [5.41, 5.74) is 6.29. The summed E-state index contributed by atoms with van der Waals surface area (Å²) in [7, 11) is 0. The van der Waals surface area contributed by atoms with Crippen LogP contribution in [0, 0.1) is 0 Å². The lowest BCUT2D eigenvalue weighted by Gasteiger charge is -1.94. The van der Waals surface area contributed by atoms with Crippen molar-refractivity contribution in [1.82, 2.24) is 15.0 Å². The van der Waals surface area contributed by atoms with Crippen molar-refractivity contribution in [2.45, 2.75) is 0 Å². The first-order chi connectivity index (χ1) is 7.83. The van der Waals surface area contributed by atoms with E-state index in [1.807, 2.05) is 30.3 Å². The molecular weight excluding hydrogens is 204 g/mol. The topological polar surface area (TPSA) is 77.8 Å². The number of furan rings is 1. The fourth-order valence-corrected chi connectivity index (χ4v) is 1.52. The molecule has 0 aliphatic heterocycles. The van der Waals surface area contributed by atoms with Gasteiger partial charge in [-0.05, 0) is 12.1 Å². The van der Waals surface area contributed by atoms with Gasteiger partial charge in [-0.2, -0.15) is 4.98 Å². The Bertz CT molecular complexity index is 614.